The summed E-state index contributed by atoms with van der Waals surface area (Å²) in [6, 6.07) is 6.96. The Hall–Kier alpha value is -2.58. The fraction of sp³-hybridized carbons (Fsp3) is 0.458. The van der Waals surface area contributed by atoms with Gasteiger partial charge in [0.15, 0.2) is 0 Å². The predicted octanol–water partition coefficient (Wildman–Crippen LogP) is 2.37. The van der Waals surface area contributed by atoms with Crippen LogP contribution in [-0.4, -0.2) is 65.0 Å². The van der Waals surface area contributed by atoms with E-state index in [9.17, 15) is 41.0 Å². The minimum absolute atomic E-state index is 0.0456. The van der Waals surface area contributed by atoms with Crippen molar-refractivity contribution in [3.8, 4) is 0 Å². The predicted molar refractivity (Wildman–Crippen MR) is 124 cm³/mol. The van der Waals surface area contributed by atoms with Crippen LogP contribution in [0.5, 0.6) is 0 Å². The van der Waals surface area contributed by atoms with Gasteiger partial charge in [0.25, 0.3) is 0 Å². The maximum Gasteiger partial charge on any atom is 0.416 e. The standard InChI is InChI=1S/C24H27F4N3O5S/c1-23(34)13-30(14-23)37(35,36)18-5-2-4-15(10-18)22(33)31-9-3-6-20(31)21(32)29-12-16-7-8-17(11-19(16)25)24(26,27)28/h2,4-5,7-8,10-11,20,22,33-34H,3,6,9,12-14H2,1H3,(H,29,32)/t20-,22?/m1/s1. The molecule has 0 saturated carbocycles. The average Bonchev–Trinajstić information content (AvgIpc) is 3.30. The molecule has 0 radical (unpaired) electrons. The van der Waals surface area contributed by atoms with Crippen LogP contribution in [0.15, 0.2) is 47.4 Å². The van der Waals surface area contributed by atoms with Crippen molar-refractivity contribution in [3.05, 3.63) is 65.0 Å². The molecular weight excluding hydrogens is 518 g/mol. The summed E-state index contributed by atoms with van der Waals surface area (Å²) in [5.41, 5.74) is -2.09. The molecule has 1 amide bonds. The number of β-amino-alcohol motifs (C(OH)–C–C–N with tert-alkyl or cyclic N) is 1. The summed E-state index contributed by atoms with van der Waals surface area (Å²) in [5.74, 6) is -1.64. The molecule has 3 N–H and O–H groups in total. The molecule has 0 spiro atoms. The Bertz CT molecular complexity index is 1280. The number of nitrogens with zero attached hydrogens (tertiary/aromatic N) is 2. The molecule has 2 aliphatic heterocycles. The van der Waals surface area contributed by atoms with Crippen LogP contribution in [0.25, 0.3) is 0 Å². The number of alkyl halides is 3. The molecule has 0 bridgehead atoms. The van der Waals surface area contributed by atoms with E-state index in [1.165, 1.54) is 36.1 Å². The Kier molecular flexibility index (Phi) is 7.38. The van der Waals surface area contributed by atoms with E-state index in [2.05, 4.69) is 5.32 Å². The van der Waals surface area contributed by atoms with E-state index in [1.807, 2.05) is 0 Å². The van der Waals surface area contributed by atoms with Crippen LogP contribution in [-0.2, 0) is 27.5 Å². The maximum atomic E-state index is 14.1. The van der Waals surface area contributed by atoms with Crippen molar-refractivity contribution in [2.24, 2.45) is 0 Å². The molecule has 2 atom stereocenters. The molecule has 0 aliphatic carbocycles. The molecule has 2 heterocycles. The van der Waals surface area contributed by atoms with Gasteiger partial charge >= 0.3 is 6.18 Å². The minimum Gasteiger partial charge on any atom is -0.387 e. The first-order chi connectivity index (χ1) is 17.2. The molecule has 1 unspecified atom stereocenters. The maximum absolute atomic E-state index is 14.1. The summed E-state index contributed by atoms with van der Waals surface area (Å²) >= 11 is 0. The molecular formula is C24H27F4N3O5S. The average molecular weight is 546 g/mol. The van der Waals surface area contributed by atoms with Gasteiger partial charge in [-0.2, -0.15) is 17.5 Å². The number of aliphatic hydroxyl groups excluding tert-OH is 1. The van der Waals surface area contributed by atoms with E-state index in [0.717, 1.165) is 16.4 Å². The minimum atomic E-state index is -4.69. The number of aliphatic hydroxyl groups is 2. The first kappa shape index (κ1) is 27.5. The van der Waals surface area contributed by atoms with E-state index in [0.29, 0.717) is 25.5 Å². The van der Waals surface area contributed by atoms with E-state index in [4.69, 9.17) is 0 Å². The zero-order valence-electron chi connectivity index (χ0n) is 19.9. The van der Waals surface area contributed by atoms with Gasteiger partial charge < -0.3 is 15.5 Å². The quantitative estimate of drug-likeness (QED) is 0.461. The summed E-state index contributed by atoms with van der Waals surface area (Å²) in [6.07, 6.45) is -5.06. The Labute approximate surface area is 211 Å². The molecule has 0 aromatic heterocycles. The molecule has 2 aromatic carbocycles. The van der Waals surface area contributed by atoms with E-state index < -0.39 is 51.4 Å². The third-order valence-electron chi connectivity index (χ3n) is 6.57. The normalized spacial score (nSPS) is 21.4. The number of hydrogen-bond donors (Lipinski definition) is 3. The lowest BCUT2D eigenvalue weighted by molar-refractivity contribution is -0.137. The number of carbonyl (C=O) groups excluding carboxylic acids is 1. The summed E-state index contributed by atoms with van der Waals surface area (Å²) in [7, 11) is -3.88. The zero-order valence-corrected chi connectivity index (χ0v) is 20.7. The van der Waals surface area contributed by atoms with Crippen molar-refractivity contribution in [3.63, 3.8) is 0 Å². The SMILES string of the molecule is CC1(O)CN(S(=O)(=O)c2cccc(C(O)N3CCC[C@@H]3C(=O)NCc3ccc(C(F)(F)F)cc3F)c2)C1. The molecule has 8 nitrogen and oxygen atoms in total. The Morgan fingerprint density at radius 3 is 2.54 bits per heavy atom. The van der Waals surface area contributed by atoms with Crippen molar-refractivity contribution in [2.75, 3.05) is 19.6 Å². The van der Waals surface area contributed by atoms with Gasteiger partial charge in [0.2, 0.25) is 15.9 Å². The summed E-state index contributed by atoms with van der Waals surface area (Å²) in [6.45, 7) is 1.44. The number of halogens is 4. The van der Waals surface area contributed by atoms with Gasteiger partial charge in [0.1, 0.15) is 12.0 Å². The van der Waals surface area contributed by atoms with Gasteiger partial charge in [0, 0.05) is 31.7 Å². The summed E-state index contributed by atoms with van der Waals surface area (Å²) < 4.78 is 79.2. The number of hydrogen-bond acceptors (Lipinski definition) is 6. The molecule has 2 aromatic rings. The molecule has 2 fully saturated rings. The lowest BCUT2D eigenvalue weighted by Gasteiger charge is -2.42. The molecule has 37 heavy (non-hydrogen) atoms. The third-order valence-corrected chi connectivity index (χ3v) is 8.36. The van der Waals surface area contributed by atoms with Crippen molar-refractivity contribution < 1.29 is 41.0 Å². The van der Waals surface area contributed by atoms with Gasteiger partial charge in [-0.15, -0.1) is 0 Å². The number of benzene rings is 2. The Morgan fingerprint density at radius 1 is 1.22 bits per heavy atom. The number of sulfonamides is 1. The van der Waals surface area contributed by atoms with Crippen LogP contribution in [0.2, 0.25) is 0 Å². The second-order valence-electron chi connectivity index (χ2n) is 9.63. The van der Waals surface area contributed by atoms with Gasteiger partial charge in [-0.25, -0.2) is 12.8 Å². The van der Waals surface area contributed by atoms with Crippen LogP contribution in [0, 0.1) is 5.82 Å². The van der Waals surface area contributed by atoms with Gasteiger partial charge in [-0.3, -0.25) is 9.69 Å². The number of rotatable bonds is 7. The van der Waals surface area contributed by atoms with E-state index in [1.54, 1.807) is 0 Å². The number of carbonyl (C=O) groups is 1. The summed E-state index contributed by atoms with van der Waals surface area (Å²) in [4.78, 5) is 14.3. The first-order valence-electron chi connectivity index (χ1n) is 11.6. The monoisotopic (exact) mass is 545 g/mol. The molecule has 2 aliphatic rings. The first-order valence-corrected chi connectivity index (χ1v) is 13.0. The van der Waals surface area contributed by atoms with Crippen molar-refractivity contribution in [1.29, 1.82) is 0 Å². The summed E-state index contributed by atoms with van der Waals surface area (Å²) in [5, 5.41) is 23.4. The van der Waals surface area contributed by atoms with Crippen molar-refractivity contribution >= 4 is 15.9 Å². The highest BCUT2D eigenvalue weighted by Gasteiger charge is 2.44. The van der Waals surface area contributed by atoms with Gasteiger partial charge in [0.05, 0.1) is 22.1 Å². The van der Waals surface area contributed by atoms with Crippen molar-refractivity contribution in [1.82, 2.24) is 14.5 Å². The second kappa shape index (κ2) is 9.95. The second-order valence-corrected chi connectivity index (χ2v) is 11.6. The Balaban J connectivity index is 1.43. The van der Waals surface area contributed by atoms with Crippen LogP contribution in [0.4, 0.5) is 17.6 Å². The lowest BCUT2D eigenvalue weighted by atomic mass is 10.0. The number of nitrogens with one attached hydrogen (secondary N) is 1. The van der Waals surface area contributed by atoms with E-state index >= 15 is 0 Å². The van der Waals surface area contributed by atoms with Crippen LogP contribution >= 0.6 is 0 Å². The largest absolute Gasteiger partial charge is 0.416 e. The number of likely N-dealkylation sites (tertiary alicyclic amines) is 1. The van der Waals surface area contributed by atoms with E-state index in [-0.39, 0.29) is 35.7 Å². The van der Waals surface area contributed by atoms with Crippen LogP contribution < -0.4 is 5.32 Å². The molecule has 4 rings (SSSR count). The fourth-order valence-corrected chi connectivity index (χ4v) is 6.32. The third kappa shape index (κ3) is 5.80. The van der Waals surface area contributed by atoms with Gasteiger partial charge in [-0.05, 0) is 49.6 Å². The van der Waals surface area contributed by atoms with Crippen molar-refractivity contribution in [2.45, 2.75) is 55.3 Å². The highest BCUT2D eigenvalue weighted by Crippen LogP contribution is 2.32. The molecule has 13 heteroatoms. The number of amides is 1. The molecule has 2 saturated heterocycles. The fourth-order valence-electron chi connectivity index (χ4n) is 4.59. The lowest BCUT2D eigenvalue weighted by Crippen LogP contribution is -2.61. The zero-order chi connectivity index (χ0) is 27.2. The highest BCUT2D eigenvalue weighted by atomic mass is 32.2. The van der Waals surface area contributed by atoms with Gasteiger partial charge in [-0.1, -0.05) is 18.2 Å². The van der Waals surface area contributed by atoms with Crippen LogP contribution in [0.3, 0.4) is 0 Å². The highest BCUT2D eigenvalue weighted by molar-refractivity contribution is 7.89. The topological polar surface area (TPSA) is 110 Å². The molecule has 202 valence electrons. The van der Waals surface area contributed by atoms with Crippen LogP contribution in [0.1, 0.15) is 42.7 Å². The Morgan fingerprint density at radius 2 is 1.92 bits per heavy atom. The smallest absolute Gasteiger partial charge is 0.387 e.